The van der Waals surface area contributed by atoms with E-state index < -0.39 is 22.0 Å². The number of benzene rings is 3. The zero-order valence-electron chi connectivity index (χ0n) is 18.2. The molecule has 1 N–H and O–H groups in total. The summed E-state index contributed by atoms with van der Waals surface area (Å²) in [6.07, 6.45) is 1.06. The molecular weight excluding hydrogens is 428 g/mol. The van der Waals surface area contributed by atoms with Gasteiger partial charge in [0.15, 0.2) is 11.5 Å². The van der Waals surface area contributed by atoms with E-state index in [2.05, 4.69) is 5.32 Å². The molecule has 0 aliphatic rings. The molecule has 0 saturated carbocycles. The monoisotopic (exact) mass is 454 g/mol. The normalized spacial score (nSPS) is 11.1. The highest BCUT2D eigenvalue weighted by molar-refractivity contribution is 7.92. The molecule has 0 spiro atoms. The lowest BCUT2D eigenvalue weighted by Crippen LogP contribution is -2.41. The molecule has 1 amide bonds. The summed E-state index contributed by atoms with van der Waals surface area (Å²) < 4.78 is 36.6. The number of nitrogens with zero attached hydrogens (tertiary/aromatic N) is 1. The fraction of sp³-hybridized carbons (Fsp3) is 0.208. The number of hydrogen-bond acceptors (Lipinski definition) is 5. The Hall–Kier alpha value is -3.52. The molecule has 0 atom stereocenters. The SMILES string of the molecule is COc1ccc(N(CC(=O)NC(c2ccccc2)c2ccccc2)S(C)(=O)=O)cc1OC. The van der Waals surface area contributed by atoms with Crippen LogP contribution in [0.3, 0.4) is 0 Å². The Morgan fingerprint density at radius 1 is 0.875 bits per heavy atom. The van der Waals surface area contributed by atoms with Crippen molar-refractivity contribution in [3.63, 3.8) is 0 Å². The van der Waals surface area contributed by atoms with Crippen LogP contribution in [-0.4, -0.2) is 41.3 Å². The van der Waals surface area contributed by atoms with Gasteiger partial charge in [-0.1, -0.05) is 60.7 Å². The Kier molecular flexibility index (Phi) is 7.37. The van der Waals surface area contributed by atoms with E-state index in [0.29, 0.717) is 17.2 Å². The van der Waals surface area contributed by atoms with Crippen LogP contribution in [0.2, 0.25) is 0 Å². The van der Waals surface area contributed by atoms with E-state index in [0.717, 1.165) is 21.7 Å². The molecule has 0 aliphatic heterocycles. The number of amides is 1. The van der Waals surface area contributed by atoms with Crippen LogP contribution < -0.4 is 19.1 Å². The first-order valence-corrected chi connectivity index (χ1v) is 11.8. The third kappa shape index (κ3) is 5.59. The van der Waals surface area contributed by atoms with Crippen LogP contribution in [0.25, 0.3) is 0 Å². The van der Waals surface area contributed by atoms with E-state index in [1.807, 2.05) is 60.7 Å². The molecule has 0 radical (unpaired) electrons. The molecule has 0 fully saturated rings. The molecule has 168 valence electrons. The number of ether oxygens (including phenoxy) is 2. The molecule has 3 aromatic rings. The van der Waals surface area contributed by atoms with E-state index in [-0.39, 0.29) is 6.54 Å². The molecule has 0 heterocycles. The van der Waals surface area contributed by atoms with Gasteiger partial charge in [0, 0.05) is 6.07 Å². The largest absolute Gasteiger partial charge is 0.493 e. The van der Waals surface area contributed by atoms with Gasteiger partial charge in [-0.3, -0.25) is 9.10 Å². The summed E-state index contributed by atoms with van der Waals surface area (Å²) in [5.74, 6) is 0.385. The third-order valence-corrected chi connectivity index (χ3v) is 6.05. The fourth-order valence-electron chi connectivity index (χ4n) is 3.37. The van der Waals surface area contributed by atoms with Crippen LogP contribution in [0.15, 0.2) is 78.9 Å². The predicted octanol–water partition coefficient (Wildman–Crippen LogP) is 3.38. The average molecular weight is 455 g/mol. The van der Waals surface area contributed by atoms with Gasteiger partial charge in [0.1, 0.15) is 6.54 Å². The quantitative estimate of drug-likeness (QED) is 0.536. The third-order valence-electron chi connectivity index (χ3n) is 4.91. The molecule has 0 unspecified atom stereocenters. The van der Waals surface area contributed by atoms with Gasteiger partial charge < -0.3 is 14.8 Å². The molecule has 0 saturated heterocycles. The lowest BCUT2D eigenvalue weighted by molar-refractivity contribution is -0.120. The van der Waals surface area contributed by atoms with Crippen LogP contribution in [0, 0.1) is 0 Å². The average Bonchev–Trinajstić information content (AvgIpc) is 2.81. The first-order chi connectivity index (χ1) is 15.3. The first-order valence-electron chi connectivity index (χ1n) is 9.92. The summed E-state index contributed by atoms with van der Waals surface area (Å²) in [4.78, 5) is 13.0. The highest BCUT2D eigenvalue weighted by Crippen LogP contribution is 2.32. The van der Waals surface area contributed by atoms with Crippen LogP contribution in [0.1, 0.15) is 17.2 Å². The Bertz CT molecular complexity index is 1110. The van der Waals surface area contributed by atoms with E-state index in [1.165, 1.54) is 20.3 Å². The molecular formula is C24H26N2O5S. The summed E-state index contributed by atoms with van der Waals surface area (Å²) >= 11 is 0. The van der Waals surface area contributed by atoms with Crippen molar-refractivity contribution in [3.8, 4) is 11.5 Å². The Morgan fingerprint density at radius 2 is 1.41 bits per heavy atom. The Labute approximate surface area is 188 Å². The second kappa shape index (κ2) is 10.2. The minimum Gasteiger partial charge on any atom is -0.493 e. The predicted molar refractivity (Wildman–Crippen MR) is 125 cm³/mol. The van der Waals surface area contributed by atoms with Crippen molar-refractivity contribution in [1.82, 2.24) is 5.32 Å². The topological polar surface area (TPSA) is 84.9 Å². The van der Waals surface area contributed by atoms with Crippen molar-refractivity contribution in [1.29, 1.82) is 0 Å². The summed E-state index contributed by atoms with van der Waals surface area (Å²) in [6.45, 7) is -0.384. The van der Waals surface area contributed by atoms with Crippen LogP contribution in [-0.2, 0) is 14.8 Å². The number of hydrogen-bond donors (Lipinski definition) is 1. The Morgan fingerprint density at radius 3 is 1.88 bits per heavy atom. The molecule has 3 rings (SSSR count). The van der Waals surface area contributed by atoms with Gasteiger partial charge in [0.25, 0.3) is 0 Å². The van der Waals surface area contributed by atoms with Crippen molar-refractivity contribution in [2.45, 2.75) is 6.04 Å². The number of carbonyl (C=O) groups excluding carboxylic acids is 1. The second-order valence-electron chi connectivity index (χ2n) is 7.13. The molecule has 32 heavy (non-hydrogen) atoms. The van der Waals surface area contributed by atoms with Crippen molar-refractivity contribution in [2.75, 3.05) is 31.3 Å². The molecule has 0 aromatic heterocycles. The summed E-state index contributed by atoms with van der Waals surface area (Å²) in [5.41, 5.74) is 2.09. The minimum absolute atomic E-state index is 0.302. The van der Waals surface area contributed by atoms with Crippen molar-refractivity contribution in [3.05, 3.63) is 90.0 Å². The second-order valence-corrected chi connectivity index (χ2v) is 9.04. The van der Waals surface area contributed by atoms with Gasteiger partial charge in [0.05, 0.1) is 32.2 Å². The number of methoxy groups -OCH3 is 2. The smallest absolute Gasteiger partial charge is 0.241 e. The molecule has 8 heteroatoms. The molecule has 0 aliphatic carbocycles. The number of sulfonamides is 1. The minimum atomic E-state index is -3.75. The lowest BCUT2D eigenvalue weighted by atomic mass is 9.99. The molecule has 3 aromatic carbocycles. The summed E-state index contributed by atoms with van der Waals surface area (Å²) in [7, 11) is -0.792. The maximum absolute atomic E-state index is 13.0. The lowest BCUT2D eigenvalue weighted by Gasteiger charge is -2.25. The summed E-state index contributed by atoms with van der Waals surface area (Å²) in [6, 6.07) is 23.3. The van der Waals surface area contributed by atoms with Crippen LogP contribution in [0.5, 0.6) is 11.5 Å². The van der Waals surface area contributed by atoms with E-state index >= 15 is 0 Å². The zero-order chi connectivity index (χ0) is 23.1. The van der Waals surface area contributed by atoms with Crippen molar-refractivity contribution < 1.29 is 22.7 Å². The van der Waals surface area contributed by atoms with Gasteiger partial charge in [-0.05, 0) is 23.3 Å². The standard InChI is InChI=1S/C24H26N2O5S/c1-30-21-15-14-20(16-22(21)31-2)26(32(3,28)29)17-23(27)25-24(18-10-6-4-7-11-18)19-12-8-5-9-13-19/h4-16,24H,17H2,1-3H3,(H,25,27). The van der Waals surface area contributed by atoms with E-state index in [9.17, 15) is 13.2 Å². The summed E-state index contributed by atoms with van der Waals surface area (Å²) in [5, 5.41) is 2.97. The number of anilines is 1. The van der Waals surface area contributed by atoms with Crippen molar-refractivity contribution in [2.24, 2.45) is 0 Å². The Balaban J connectivity index is 1.89. The van der Waals surface area contributed by atoms with Crippen molar-refractivity contribution >= 4 is 21.6 Å². The van der Waals surface area contributed by atoms with Crippen LogP contribution in [0.4, 0.5) is 5.69 Å². The van der Waals surface area contributed by atoms with Crippen LogP contribution >= 0.6 is 0 Å². The van der Waals surface area contributed by atoms with E-state index in [4.69, 9.17) is 9.47 Å². The van der Waals surface area contributed by atoms with Gasteiger partial charge >= 0.3 is 0 Å². The number of rotatable bonds is 9. The van der Waals surface area contributed by atoms with Gasteiger partial charge in [-0.2, -0.15) is 0 Å². The number of carbonyl (C=O) groups is 1. The van der Waals surface area contributed by atoms with E-state index in [1.54, 1.807) is 12.1 Å². The van der Waals surface area contributed by atoms with Gasteiger partial charge in [0.2, 0.25) is 15.9 Å². The maximum Gasteiger partial charge on any atom is 0.241 e. The van der Waals surface area contributed by atoms with Gasteiger partial charge in [-0.25, -0.2) is 8.42 Å². The highest BCUT2D eigenvalue weighted by Gasteiger charge is 2.24. The number of nitrogens with one attached hydrogen (secondary N) is 1. The zero-order valence-corrected chi connectivity index (χ0v) is 19.0. The fourth-order valence-corrected chi connectivity index (χ4v) is 4.22. The molecule has 0 bridgehead atoms. The molecule has 7 nitrogen and oxygen atoms in total. The van der Waals surface area contributed by atoms with Gasteiger partial charge in [-0.15, -0.1) is 0 Å². The first kappa shape index (κ1) is 23.1. The highest BCUT2D eigenvalue weighted by atomic mass is 32.2. The maximum atomic E-state index is 13.0.